The summed E-state index contributed by atoms with van der Waals surface area (Å²) >= 11 is 5.58. The Hall–Kier alpha value is -0.0800. The Morgan fingerprint density at radius 2 is 1.77 bits per heavy atom. The maximum absolute atomic E-state index is 11.4. The highest BCUT2D eigenvalue weighted by molar-refractivity contribution is 6.64. The molecule has 0 amide bonds. The molecule has 1 atom stereocenters. The van der Waals surface area contributed by atoms with Crippen molar-refractivity contribution in [2.75, 3.05) is 6.61 Å². The quantitative estimate of drug-likeness (QED) is 0.721. The lowest BCUT2D eigenvalue weighted by Gasteiger charge is -2.43. The van der Waals surface area contributed by atoms with Crippen molar-refractivity contribution in [3.05, 3.63) is 0 Å². The predicted octanol–water partition coefficient (Wildman–Crippen LogP) is 2.43. The predicted molar refractivity (Wildman–Crippen MR) is 54.7 cm³/mol. The fourth-order valence-corrected chi connectivity index (χ4v) is 2.43. The number of aliphatic hydroxyl groups is 1. The Balaban J connectivity index is 5.25. The largest absolute Gasteiger partial charge is 0.395 e. The van der Waals surface area contributed by atoms with Gasteiger partial charge in [-0.3, -0.25) is 4.79 Å². The SMILES string of the molecule is CC(C)C(CO)(C(=O)Cl)C(C)(C)C. The van der Waals surface area contributed by atoms with Gasteiger partial charge in [0.15, 0.2) is 0 Å². The Morgan fingerprint density at radius 3 is 1.77 bits per heavy atom. The summed E-state index contributed by atoms with van der Waals surface area (Å²) in [6.07, 6.45) is 0. The van der Waals surface area contributed by atoms with Crippen molar-refractivity contribution in [1.29, 1.82) is 0 Å². The van der Waals surface area contributed by atoms with Gasteiger partial charge in [-0.1, -0.05) is 34.6 Å². The Labute approximate surface area is 85.3 Å². The van der Waals surface area contributed by atoms with Gasteiger partial charge in [0.25, 0.3) is 0 Å². The molecule has 0 radical (unpaired) electrons. The number of halogens is 1. The fraction of sp³-hybridized carbons (Fsp3) is 0.900. The summed E-state index contributed by atoms with van der Waals surface area (Å²) in [5.41, 5.74) is -1.16. The van der Waals surface area contributed by atoms with Crippen LogP contribution in [0.25, 0.3) is 0 Å². The van der Waals surface area contributed by atoms with Gasteiger partial charge >= 0.3 is 0 Å². The van der Waals surface area contributed by atoms with E-state index in [-0.39, 0.29) is 17.9 Å². The van der Waals surface area contributed by atoms with Crippen molar-refractivity contribution >= 4 is 16.8 Å². The molecule has 0 saturated heterocycles. The van der Waals surface area contributed by atoms with Crippen LogP contribution in [0.15, 0.2) is 0 Å². The molecule has 3 heteroatoms. The fourth-order valence-electron chi connectivity index (χ4n) is 1.87. The van der Waals surface area contributed by atoms with Crippen LogP contribution in [0.2, 0.25) is 0 Å². The molecule has 1 unspecified atom stereocenters. The normalized spacial score (nSPS) is 17.2. The molecule has 0 fully saturated rings. The van der Waals surface area contributed by atoms with E-state index in [1.807, 2.05) is 34.6 Å². The zero-order valence-corrected chi connectivity index (χ0v) is 9.77. The van der Waals surface area contributed by atoms with Gasteiger partial charge in [-0.05, 0) is 22.9 Å². The zero-order valence-electron chi connectivity index (χ0n) is 9.02. The molecule has 0 heterocycles. The van der Waals surface area contributed by atoms with E-state index in [1.54, 1.807) is 0 Å². The number of carbonyl (C=O) groups is 1. The summed E-state index contributed by atoms with van der Waals surface area (Å²) in [5, 5.41) is 8.90. The molecule has 0 aromatic rings. The number of aliphatic hydroxyl groups excluding tert-OH is 1. The van der Waals surface area contributed by atoms with Crippen LogP contribution in [0, 0.1) is 16.7 Å². The summed E-state index contributed by atoms with van der Waals surface area (Å²) in [7, 11) is 0. The molecule has 0 aliphatic rings. The van der Waals surface area contributed by atoms with Crippen LogP contribution in [-0.4, -0.2) is 17.0 Å². The van der Waals surface area contributed by atoms with Gasteiger partial charge in [0.2, 0.25) is 5.24 Å². The Kier molecular flexibility index (Phi) is 3.95. The lowest BCUT2D eigenvalue weighted by molar-refractivity contribution is -0.135. The van der Waals surface area contributed by atoms with Gasteiger partial charge in [-0.15, -0.1) is 0 Å². The number of hydrogen-bond acceptors (Lipinski definition) is 2. The standard InChI is InChI=1S/C10H19ClO2/c1-7(2)10(6-12,8(11)13)9(3,4)5/h7,12H,6H2,1-5H3. The maximum atomic E-state index is 11.4. The van der Waals surface area contributed by atoms with Crippen molar-refractivity contribution in [2.45, 2.75) is 34.6 Å². The topological polar surface area (TPSA) is 37.3 Å². The van der Waals surface area contributed by atoms with Crippen LogP contribution < -0.4 is 0 Å². The van der Waals surface area contributed by atoms with Crippen molar-refractivity contribution in [1.82, 2.24) is 0 Å². The summed E-state index contributed by atoms with van der Waals surface area (Å²) in [6.45, 7) is 9.37. The van der Waals surface area contributed by atoms with E-state index >= 15 is 0 Å². The van der Waals surface area contributed by atoms with Crippen LogP contribution >= 0.6 is 11.6 Å². The number of carbonyl (C=O) groups excluding carboxylic acids is 1. The zero-order chi connectivity index (χ0) is 10.9. The minimum atomic E-state index is -0.839. The van der Waals surface area contributed by atoms with E-state index in [0.717, 1.165) is 0 Å². The third-order valence-corrected chi connectivity index (χ3v) is 3.26. The highest BCUT2D eigenvalue weighted by Gasteiger charge is 2.49. The van der Waals surface area contributed by atoms with Crippen LogP contribution in [0.5, 0.6) is 0 Å². The molecule has 2 nitrogen and oxygen atoms in total. The average molecular weight is 207 g/mol. The first kappa shape index (κ1) is 12.9. The van der Waals surface area contributed by atoms with Gasteiger partial charge < -0.3 is 5.11 Å². The van der Waals surface area contributed by atoms with Crippen molar-refractivity contribution in [2.24, 2.45) is 16.7 Å². The molecular formula is C10H19ClO2. The lowest BCUT2D eigenvalue weighted by Crippen LogP contribution is -2.48. The Bertz CT molecular complexity index is 194. The summed E-state index contributed by atoms with van der Waals surface area (Å²) in [6, 6.07) is 0. The van der Waals surface area contributed by atoms with E-state index in [1.165, 1.54) is 0 Å². The highest BCUT2D eigenvalue weighted by atomic mass is 35.5. The molecule has 78 valence electrons. The molecular weight excluding hydrogens is 188 g/mol. The molecule has 0 aromatic heterocycles. The lowest BCUT2D eigenvalue weighted by atomic mass is 9.62. The summed E-state index contributed by atoms with van der Waals surface area (Å²) in [4.78, 5) is 11.4. The van der Waals surface area contributed by atoms with E-state index < -0.39 is 10.7 Å². The van der Waals surface area contributed by atoms with Gasteiger partial charge in [0.1, 0.15) is 0 Å². The molecule has 0 saturated carbocycles. The van der Waals surface area contributed by atoms with Gasteiger partial charge in [-0.25, -0.2) is 0 Å². The molecule has 0 aromatic carbocycles. The third-order valence-electron chi connectivity index (χ3n) is 2.92. The van der Waals surface area contributed by atoms with E-state index in [4.69, 9.17) is 11.6 Å². The van der Waals surface area contributed by atoms with Crippen molar-refractivity contribution in [3.63, 3.8) is 0 Å². The Morgan fingerprint density at radius 1 is 1.38 bits per heavy atom. The second kappa shape index (κ2) is 3.97. The van der Waals surface area contributed by atoms with E-state index in [2.05, 4.69) is 0 Å². The van der Waals surface area contributed by atoms with Crippen molar-refractivity contribution in [3.8, 4) is 0 Å². The number of hydrogen-bond donors (Lipinski definition) is 1. The van der Waals surface area contributed by atoms with Crippen LogP contribution in [-0.2, 0) is 4.79 Å². The molecule has 0 bridgehead atoms. The third kappa shape index (κ3) is 2.05. The first-order valence-electron chi connectivity index (χ1n) is 4.51. The first-order valence-corrected chi connectivity index (χ1v) is 4.88. The van der Waals surface area contributed by atoms with Crippen molar-refractivity contribution < 1.29 is 9.90 Å². The molecule has 0 aliphatic carbocycles. The molecule has 0 spiro atoms. The monoisotopic (exact) mass is 206 g/mol. The number of rotatable bonds is 3. The smallest absolute Gasteiger partial charge is 0.230 e. The molecule has 1 N–H and O–H groups in total. The average Bonchev–Trinajstić information content (AvgIpc) is 1.83. The van der Waals surface area contributed by atoms with Gasteiger partial charge in [0.05, 0.1) is 12.0 Å². The second-order valence-corrected chi connectivity index (χ2v) is 5.15. The molecule has 0 rings (SSSR count). The molecule has 0 aliphatic heterocycles. The minimum Gasteiger partial charge on any atom is -0.395 e. The van der Waals surface area contributed by atoms with E-state index in [0.29, 0.717) is 0 Å². The molecule has 13 heavy (non-hydrogen) atoms. The second-order valence-electron chi connectivity index (χ2n) is 4.81. The summed E-state index contributed by atoms with van der Waals surface area (Å²) < 4.78 is 0. The first-order chi connectivity index (χ1) is 5.70. The minimum absolute atomic E-state index is 0.0301. The van der Waals surface area contributed by atoms with Crippen LogP contribution in [0.4, 0.5) is 0 Å². The van der Waals surface area contributed by atoms with Crippen LogP contribution in [0.3, 0.4) is 0 Å². The van der Waals surface area contributed by atoms with Gasteiger partial charge in [0, 0.05) is 0 Å². The highest BCUT2D eigenvalue weighted by Crippen LogP contribution is 2.46. The maximum Gasteiger partial charge on any atom is 0.230 e. The van der Waals surface area contributed by atoms with Crippen LogP contribution in [0.1, 0.15) is 34.6 Å². The van der Waals surface area contributed by atoms with Gasteiger partial charge in [-0.2, -0.15) is 0 Å². The summed E-state index contributed by atoms with van der Waals surface area (Å²) in [5.74, 6) is 0.0301. The van der Waals surface area contributed by atoms with E-state index in [9.17, 15) is 9.90 Å².